The summed E-state index contributed by atoms with van der Waals surface area (Å²) in [5.41, 5.74) is 2.21. The van der Waals surface area contributed by atoms with Gasteiger partial charge in [0.05, 0.1) is 19.3 Å². The SMILES string of the molecule is COc1ccc(CNC(=O)N2CCC3(CC2)CC(CCOCc2ccccc2)CCO3)cc1. The third-order valence-electron chi connectivity index (χ3n) is 6.94. The number of nitrogens with zero attached hydrogens (tertiary/aromatic N) is 1. The Morgan fingerprint density at radius 1 is 1.09 bits per heavy atom. The molecule has 0 radical (unpaired) electrons. The number of ether oxygens (including phenoxy) is 3. The van der Waals surface area contributed by atoms with Crippen molar-refractivity contribution in [2.75, 3.05) is 33.4 Å². The predicted octanol–water partition coefficient (Wildman–Crippen LogP) is 4.77. The molecule has 1 spiro atoms. The second-order valence-electron chi connectivity index (χ2n) is 9.21. The minimum absolute atomic E-state index is 0.00217. The number of methoxy groups -OCH3 is 1. The second-order valence-corrected chi connectivity index (χ2v) is 9.21. The van der Waals surface area contributed by atoms with Gasteiger partial charge in [-0.15, -0.1) is 0 Å². The fourth-order valence-corrected chi connectivity index (χ4v) is 4.89. The molecule has 2 aromatic rings. The Morgan fingerprint density at radius 3 is 2.58 bits per heavy atom. The topological polar surface area (TPSA) is 60.0 Å². The van der Waals surface area contributed by atoms with Crippen molar-refractivity contribution >= 4 is 6.03 Å². The number of nitrogens with one attached hydrogen (secondary N) is 1. The molecule has 2 saturated heterocycles. The molecule has 2 aromatic carbocycles. The van der Waals surface area contributed by atoms with Crippen molar-refractivity contribution in [1.82, 2.24) is 10.2 Å². The molecule has 2 aliphatic rings. The third-order valence-corrected chi connectivity index (χ3v) is 6.94. The molecular formula is C27H36N2O4. The molecule has 2 fully saturated rings. The number of carbonyl (C=O) groups excluding carboxylic acids is 1. The maximum Gasteiger partial charge on any atom is 0.317 e. The smallest absolute Gasteiger partial charge is 0.317 e. The van der Waals surface area contributed by atoms with Crippen LogP contribution in [0, 0.1) is 5.92 Å². The molecule has 0 aliphatic carbocycles. The van der Waals surface area contributed by atoms with E-state index >= 15 is 0 Å². The van der Waals surface area contributed by atoms with Gasteiger partial charge in [-0.1, -0.05) is 42.5 Å². The van der Waals surface area contributed by atoms with Gasteiger partial charge < -0.3 is 24.4 Å². The van der Waals surface area contributed by atoms with Gasteiger partial charge in [0.25, 0.3) is 0 Å². The van der Waals surface area contributed by atoms with Crippen LogP contribution < -0.4 is 10.1 Å². The Labute approximate surface area is 197 Å². The predicted molar refractivity (Wildman–Crippen MR) is 128 cm³/mol. The van der Waals surface area contributed by atoms with Gasteiger partial charge in [0.15, 0.2) is 0 Å². The molecule has 1 N–H and O–H groups in total. The number of carbonyl (C=O) groups is 1. The largest absolute Gasteiger partial charge is 0.497 e. The van der Waals surface area contributed by atoms with Crippen molar-refractivity contribution in [1.29, 1.82) is 0 Å². The number of piperidine rings is 1. The van der Waals surface area contributed by atoms with Gasteiger partial charge in [0.2, 0.25) is 0 Å². The van der Waals surface area contributed by atoms with E-state index in [-0.39, 0.29) is 11.6 Å². The normalized spacial score (nSPS) is 19.9. The van der Waals surface area contributed by atoms with Gasteiger partial charge in [-0.05, 0) is 61.3 Å². The fraction of sp³-hybridized carbons (Fsp3) is 0.519. The Balaban J connectivity index is 1.17. The second kappa shape index (κ2) is 11.5. The van der Waals surface area contributed by atoms with Crippen LogP contribution in [0.5, 0.6) is 5.75 Å². The minimum Gasteiger partial charge on any atom is -0.497 e. The minimum atomic E-state index is -0.0743. The summed E-state index contributed by atoms with van der Waals surface area (Å²) < 4.78 is 17.4. The Morgan fingerprint density at radius 2 is 1.85 bits per heavy atom. The van der Waals surface area contributed by atoms with Crippen molar-refractivity contribution in [2.24, 2.45) is 5.92 Å². The van der Waals surface area contributed by atoms with Crippen molar-refractivity contribution < 1.29 is 19.0 Å². The molecule has 178 valence electrons. The summed E-state index contributed by atoms with van der Waals surface area (Å²) in [7, 11) is 1.65. The maximum absolute atomic E-state index is 12.7. The first-order valence-electron chi connectivity index (χ1n) is 12.1. The van der Waals surface area contributed by atoms with Crippen LogP contribution in [0.15, 0.2) is 54.6 Å². The highest BCUT2D eigenvalue weighted by atomic mass is 16.5. The third kappa shape index (κ3) is 6.71. The molecular weight excluding hydrogens is 416 g/mol. The molecule has 2 aliphatic heterocycles. The lowest BCUT2D eigenvalue weighted by Gasteiger charge is -2.46. The number of urea groups is 1. The average Bonchev–Trinajstić information content (AvgIpc) is 2.87. The van der Waals surface area contributed by atoms with Crippen LogP contribution in [0.2, 0.25) is 0 Å². The van der Waals surface area contributed by atoms with E-state index in [0.29, 0.717) is 19.1 Å². The summed E-state index contributed by atoms with van der Waals surface area (Å²) in [6, 6.07) is 18.1. The van der Waals surface area contributed by atoms with Crippen LogP contribution in [-0.4, -0.2) is 49.9 Å². The summed E-state index contributed by atoms with van der Waals surface area (Å²) >= 11 is 0. The zero-order valence-electron chi connectivity index (χ0n) is 19.6. The average molecular weight is 453 g/mol. The number of hydrogen-bond donors (Lipinski definition) is 1. The number of amides is 2. The first-order valence-corrected chi connectivity index (χ1v) is 12.1. The van der Waals surface area contributed by atoms with Crippen LogP contribution in [-0.2, 0) is 22.6 Å². The van der Waals surface area contributed by atoms with Crippen LogP contribution in [0.3, 0.4) is 0 Å². The zero-order chi connectivity index (χ0) is 22.9. The number of hydrogen-bond acceptors (Lipinski definition) is 4. The molecule has 33 heavy (non-hydrogen) atoms. The first-order chi connectivity index (χ1) is 16.2. The molecule has 0 aromatic heterocycles. The van der Waals surface area contributed by atoms with E-state index in [0.717, 1.165) is 69.7 Å². The van der Waals surface area contributed by atoms with E-state index < -0.39 is 0 Å². The number of rotatable bonds is 8. The summed E-state index contributed by atoms with van der Waals surface area (Å²) in [6.45, 7) is 4.28. The maximum atomic E-state index is 12.7. The molecule has 0 saturated carbocycles. The molecule has 1 atom stereocenters. The highest BCUT2D eigenvalue weighted by Gasteiger charge is 2.40. The van der Waals surface area contributed by atoms with E-state index in [1.165, 1.54) is 5.56 Å². The Bertz CT molecular complexity index is 863. The van der Waals surface area contributed by atoms with E-state index in [1.807, 2.05) is 47.4 Å². The molecule has 4 rings (SSSR count). The van der Waals surface area contributed by atoms with Gasteiger partial charge >= 0.3 is 6.03 Å². The van der Waals surface area contributed by atoms with Gasteiger partial charge in [0, 0.05) is 32.8 Å². The zero-order valence-corrected chi connectivity index (χ0v) is 19.6. The standard InChI is InChI=1S/C27H36N2O4/c1-31-25-9-7-23(8-10-25)20-28-26(30)29-15-13-27(14-16-29)19-22(12-18-33-27)11-17-32-21-24-5-3-2-4-6-24/h2-10,22H,11-21H2,1H3,(H,28,30). The van der Waals surface area contributed by atoms with Gasteiger partial charge in [-0.25, -0.2) is 4.79 Å². The lowest BCUT2D eigenvalue weighted by Crippen LogP contribution is -2.52. The van der Waals surface area contributed by atoms with Crippen LogP contribution in [0.1, 0.15) is 43.2 Å². The Hall–Kier alpha value is -2.57. The monoisotopic (exact) mass is 452 g/mol. The van der Waals surface area contributed by atoms with E-state index in [9.17, 15) is 4.79 Å². The van der Waals surface area contributed by atoms with Crippen LogP contribution in [0.25, 0.3) is 0 Å². The lowest BCUT2D eigenvalue weighted by molar-refractivity contribution is -0.125. The number of benzene rings is 2. The fourth-order valence-electron chi connectivity index (χ4n) is 4.89. The quantitative estimate of drug-likeness (QED) is 0.586. The molecule has 6 nitrogen and oxygen atoms in total. The van der Waals surface area contributed by atoms with Crippen LogP contribution >= 0.6 is 0 Å². The lowest BCUT2D eigenvalue weighted by atomic mass is 9.78. The van der Waals surface area contributed by atoms with Crippen molar-refractivity contribution in [3.8, 4) is 5.75 Å². The van der Waals surface area contributed by atoms with Crippen molar-refractivity contribution in [2.45, 2.75) is 50.9 Å². The van der Waals surface area contributed by atoms with Gasteiger partial charge in [-0.2, -0.15) is 0 Å². The molecule has 0 bridgehead atoms. The van der Waals surface area contributed by atoms with Crippen molar-refractivity contribution in [3.63, 3.8) is 0 Å². The summed E-state index contributed by atoms with van der Waals surface area (Å²) in [6.07, 6.45) is 5.06. The summed E-state index contributed by atoms with van der Waals surface area (Å²) in [5, 5.41) is 3.04. The highest BCUT2D eigenvalue weighted by molar-refractivity contribution is 5.74. The highest BCUT2D eigenvalue weighted by Crippen LogP contribution is 2.38. The molecule has 2 amide bonds. The van der Waals surface area contributed by atoms with Gasteiger partial charge in [-0.3, -0.25) is 0 Å². The van der Waals surface area contributed by atoms with Crippen molar-refractivity contribution in [3.05, 3.63) is 65.7 Å². The van der Waals surface area contributed by atoms with Crippen LogP contribution in [0.4, 0.5) is 4.79 Å². The molecule has 6 heteroatoms. The molecule has 1 unspecified atom stereocenters. The number of likely N-dealkylation sites (tertiary alicyclic amines) is 1. The van der Waals surface area contributed by atoms with Gasteiger partial charge in [0.1, 0.15) is 5.75 Å². The first kappa shape index (κ1) is 23.6. The van der Waals surface area contributed by atoms with E-state index in [2.05, 4.69) is 17.4 Å². The summed E-state index contributed by atoms with van der Waals surface area (Å²) in [4.78, 5) is 14.6. The molecule has 2 heterocycles. The summed E-state index contributed by atoms with van der Waals surface area (Å²) in [5.74, 6) is 1.45. The van der Waals surface area contributed by atoms with E-state index in [4.69, 9.17) is 14.2 Å². The Kier molecular flexibility index (Phi) is 8.24. The van der Waals surface area contributed by atoms with E-state index in [1.54, 1.807) is 7.11 Å².